The predicted molar refractivity (Wildman–Crippen MR) is 140 cm³/mol. The molecule has 1 heterocycles. The minimum absolute atomic E-state index is 0.0225. The van der Waals surface area contributed by atoms with Crippen molar-refractivity contribution in [1.82, 2.24) is 14.3 Å². The SMILES string of the molecule is Cc1ccc(S/C=C/C=C\c2nn(-c3ccc(C)cc3)c(=S)n2-c2ccc([N+](=O)[O-])cc2)cc1. The number of nitro benzene ring substituents is 1. The third-order valence-electron chi connectivity index (χ3n) is 5.06. The van der Waals surface area contributed by atoms with Gasteiger partial charge in [0.15, 0.2) is 5.82 Å². The van der Waals surface area contributed by atoms with Gasteiger partial charge in [0.1, 0.15) is 0 Å². The van der Waals surface area contributed by atoms with Crippen molar-refractivity contribution in [3.8, 4) is 11.4 Å². The summed E-state index contributed by atoms with van der Waals surface area (Å²) in [4.78, 5) is 11.8. The fraction of sp³-hybridized carbons (Fsp3) is 0.0769. The standard InChI is InChI=1S/C26H22N4O2S2/c1-19-6-10-22(11-7-19)29-26(33)28(21-12-14-23(15-13-21)30(31)32)25(27-29)5-3-4-18-34-24-16-8-20(2)9-17-24/h3-18H,1-2H3/b5-3-,18-4+. The number of allylic oxidation sites excluding steroid dienone is 2. The highest BCUT2D eigenvalue weighted by molar-refractivity contribution is 8.02. The Labute approximate surface area is 207 Å². The highest BCUT2D eigenvalue weighted by atomic mass is 32.2. The molecule has 0 saturated carbocycles. The van der Waals surface area contributed by atoms with Crippen molar-refractivity contribution in [3.05, 3.63) is 122 Å². The van der Waals surface area contributed by atoms with E-state index in [-0.39, 0.29) is 5.69 Å². The van der Waals surface area contributed by atoms with Gasteiger partial charge in [-0.2, -0.15) is 0 Å². The van der Waals surface area contributed by atoms with Crippen LogP contribution in [0.4, 0.5) is 5.69 Å². The van der Waals surface area contributed by atoms with Crippen molar-refractivity contribution < 1.29 is 4.92 Å². The lowest BCUT2D eigenvalue weighted by Crippen LogP contribution is -1.99. The third kappa shape index (κ3) is 5.41. The van der Waals surface area contributed by atoms with E-state index in [1.807, 2.05) is 54.8 Å². The molecule has 4 rings (SSSR count). The summed E-state index contributed by atoms with van der Waals surface area (Å²) in [5.41, 5.74) is 3.94. The van der Waals surface area contributed by atoms with E-state index in [4.69, 9.17) is 17.3 Å². The summed E-state index contributed by atoms with van der Waals surface area (Å²) in [5, 5.41) is 17.8. The maximum absolute atomic E-state index is 11.1. The molecule has 0 fully saturated rings. The quantitative estimate of drug-likeness (QED) is 0.0906. The monoisotopic (exact) mass is 486 g/mol. The first-order valence-electron chi connectivity index (χ1n) is 10.5. The number of nitro groups is 1. The molecule has 0 N–H and O–H groups in total. The van der Waals surface area contributed by atoms with E-state index in [0.717, 1.165) is 16.1 Å². The second-order valence-electron chi connectivity index (χ2n) is 7.62. The summed E-state index contributed by atoms with van der Waals surface area (Å²) in [6.45, 7) is 4.09. The Morgan fingerprint density at radius 2 is 1.47 bits per heavy atom. The predicted octanol–water partition coefficient (Wildman–Crippen LogP) is 7.24. The molecule has 0 radical (unpaired) electrons. The molecule has 6 nitrogen and oxygen atoms in total. The fourth-order valence-electron chi connectivity index (χ4n) is 3.23. The Kier molecular flexibility index (Phi) is 7.20. The van der Waals surface area contributed by atoms with Gasteiger partial charge in [0.2, 0.25) is 4.77 Å². The first kappa shape index (κ1) is 23.4. The summed E-state index contributed by atoms with van der Waals surface area (Å²) in [6, 6.07) is 22.6. The Bertz CT molecular complexity index is 1420. The summed E-state index contributed by atoms with van der Waals surface area (Å²) >= 11 is 7.37. The Hall–Kier alpha value is -3.75. The molecule has 170 valence electrons. The van der Waals surface area contributed by atoms with Gasteiger partial charge in [-0.15, -0.1) is 5.10 Å². The minimum atomic E-state index is -0.421. The van der Waals surface area contributed by atoms with Gasteiger partial charge in [-0.1, -0.05) is 59.3 Å². The molecule has 3 aromatic carbocycles. The van der Waals surface area contributed by atoms with Crippen molar-refractivity contribution in [1.29, 1.82) is 0 Å². The Morgan fingerprint density at radius 1 is 0.882 bits per heavy atom. The molecule has 0 aliphatic rings. The van der Waals surface area contributed by atoms with Crippen LogP contribution in [0.1, 0.15) is 17.0 Å². The normalized spacial score (nSPS) is 11.5. The molecule has 8 heteroatoms. The van der Waals surface area contributed by atoms with E-state index in [1.54, 1.807) is 33.1 Å². The number of nitrogens with zero attached hydrogens (tertiary/aromatic N) is 4. The molecule has 0 aliphatic carbocycles. The molecule has 1 aromatic heterocycles. The van der Waals surface area contributed by atoms with Crippen molar-refractivity contribution >= 4 is 35.7 Å². The Balaban J connectivity index is 1.67. The topological polar surface area (TPSA) is 65.9 Å². The number of benzene rings is 3. The highest BCUT2D eigenvalue weighted by Crippen LogP contribution is 2.22. The first-order chi connectivity index (χ1) is 16.4. The van der Waals surface area contributed by atoms with E-state index >= 15 is 0 Å². The number of hydrogen-bond donors (Lipinski definition) is 0. The molecule has 0 saturated heterocycles. The number of rotatable bonds is 7. The molecule has 0 spiro atoms. The van der Waals surface area contributed by atoms with Crippen LogP contribution in [-0.2, 0) is 0 Å². The van der Waals surface area contributed by atoms with Gasteiger partial charge in [-0.25, -0.2) is 4.68 Å². The maximum atomic E-state index is 11.1. The van der Waals surface area contributed by atoms with Gasteiger partial charge >= 0.3 is 0 Å². The van der Waals surface area contributed by atoms with Crippen molar-refractivity contribution in [2.75, 3.05) is 0 Å². The lowest BCUT2D eigenvalue weighted by Gasteiger charge is -2.04. The summed E-state index contributed by atoms with van der Waals surface area (Å²) in [5.74, 6) is 0.615. The largest absolute Gasteiger partial charge is 0.269 e. The van der Waals surface area contributed by atoms with Crippen LogP contribution >= 0.6 is 24.0 Å². The zero-order valence-corrected chi connectivity index (χ0v) is 20.3. The van der Waals surface area contributed by atoms with Crippen LogP contribution in [0.2, 0.25) is 0 Å². The smallest absolute Gasteiger partial charge is 0.268 e. The molecule has 0 bridgehead atoms. The molecule has 34 heavy (non-hydrogen) atoms. The summed E-state index contributed by atoms with van der Waals surface area (Å²) in [6.07, 6.45) is 5.71. The lowest BCUT2D eigenvalue weighted by atomic mass is 10.2. The summed E-state index contributed by atoms with van der Waals surface area (Å²) in [7, 11) is 0. The van der Waals surface area contributed by atoms with Gasteiger partial charge in [-0.05, 0) is 73.9 Å². The van der Waals surface area contributed by atoms with Crippen LogP contribution < -0.4 is 0 Å². The number of non-ortho nitro benzene ring substituents is 1. The molecule has 0 unspecified atom stereocenters. The molecule has 0 amide bonds. The van der Waals surface area contributed by atoms with Crippen molar-refractivity contribution in [2.45, 2.75) is 18.7 Å². The van der Waals surface area contributed by atoms with E-state index in [0.29, 0.717) is 16.3 Å². The average molecular weight is 487 g/mol. The van der Waals surface area contributed by atoms with Crippen LogP contribution in [-0.4, -0.2) is 19.3 Å². The fourth-order valence-corrected chi connectivity index (χ4v) is 4.20. The second-order valence-corrected chi connectivity index (χ2v) is 8.96. The van der Waals surface area contributed by atoms with Gasteiger partial charge in [-0.3, -0.25) is 14.7 Å². The number of aryl methyl sites for hydroxylation is 2. The van der Waals surface area contributed by atoms with Crippen LogP contribution in [0, 0.1) is 28.7 Å². The lowest BCUT2D eigenvalue weighted by molar-refractivity contribution is -0.384. The third-order valence-corrected chi connectivity index (χ3v) is 6.25. The molecular formula is C26H22N4O2S2. The van der Waals surface area contributed by atoms with E-state index in [2.05, 4.69) is 31.2 Å². The first-order valence-corrected chi connectivity index (χ1v) is 11.8. The zero-order valence-electron chi connectivity index (χ0n) is 18.7. The number of thioether (sulfide) groups is 1. The van der Waals surface area contributed by atoms with Crippen LogP contribution in [0.5, 0.6) is 0 Å². The van der Waals surface area contributed by atoms with Gasteiger partial charge in [0.25, 0.3) is 5.69 Å². The maximum Gasteiger partial charge on any atom is 0.269 e. The van der Waals surface area contributed by atoms with E-state index < -0.39 is 4.92 Å². The zero-order chi connectivity index (χ0) is 24.1. The molecule has 0 aliphatic heterocycles. The van der Waals surface area contributed by atoms with E-state index in [9.17, 15) is 10.1 Å². The summed E-state index contributed by atoms with van der Waals surface area (Å²) < 4.78 is 3.96. The van der Waals surface area contributed by atoms with E-state index in [1.165, 1.54) is 17.7 Å². The van der Waals surface area contributed by atoms with Crippen LogP contribution in [0.3, 0.4) is 0 Å². The van der Waals surface area contributed by atoms with Gasteiger partial charge < -0.3 is 0 Å². The number of aromatic nitrogens is 3. The molecule has 0 atom stereocenters. The van der Waals surface area contributed by atoms with Crippen LogP contribution in [0.25, 0.3) is 17.5 Å². The molecular weight excluding hydrogens is 464 g/mol. The van der Waals surface area contributed by atoms with Crippen molar-refractivity contribution in [3.63, 3.8) is 0 Å². The van der Waals surface area contributed by atoms with Gasteiger partial charge in [0, 0.05) is 17.0 Å². The van der Waals surface area contributed by atoms with Gasteiger partial charge in [0.05, 0.1) is 16.3 Å². The number of hydrogen-bond acceptors (Lipinski definition) is 5. The highest BCUT2D eigenvalue weighted by Gasteiger charge is 2.13. The molecule has 4 aromatic rings. The average Bonchev–Trinajstić information content (AvgIpc) is 3.16. The van der Waals surface area contributed by atoms with Crippen molar-refractivity contribution in [2.24, 2.45) is 0 Å². The van der Waals surface area contributed by atoms with Crippen LogP contribution in [0.15, 0.2) is 95.3 Å². The minimum Gasteiger partial charge on any atom is -0.268 e. The second kappa shape index (κ2) is 10.5. The Morgan fingerprint density at radius 3 is 2.09 bits per heavy atom.